The van der Waals surface area contributed by atoms with Gasteiger partial charge in [0.15, 0.2) is 11.5 Å². The Kier molecular flexibility index (Phi) is 11.0. The van der Waals surface area contributed by atoms with Crippen LogP contribution in [0.1, 0.15) is 44.2 Å². The molecule has 0 aliphatic carbocycles. The van der Waals surface area contributed by atoms with Gasteiger partial charge in [0.05, 0.1) is 51.5 Å². The van der Waals surface area contributed by atoms with Crippen LogP contribution < -0.4 is 14.2 Å². The molecule has 2 heterocycles. The lowest BCUT2D eigenvalue weighted by Gasteiger charge is -2.39. The van der Waals surface area contributed by atoms with Crippen LogP contribution >= 0.6 is 0 Å². The number of methoxy groups -OCH3 is 3. The molecule has 3 aromatic rings. The number of nitrogens with zero attached hydrogens (tertiary/aromatic N) is 2. The minimum absolute atomic E-state index is 0.201. The number of rotatable bonds is 13. The highest BCUT2D eigenvalue weighted by Gasteiger charge is 2.41. The molecule has 9 heteroatoms. The normalized spacial score (nSPS) is 15.5. The number of allylic oxidation sites excluding steroid dienone is 2. The second kappa shape index (κ2) is 15.1. The molecule has 0 amide bonds. The van der Waals surface area contributed by atoms with Crippen molar-refractivity contribution in [2.45, 2.75) is 45.6 Å². The van der Waals surface area contributed by atoms with E-state index in [1.807, 2.05) is 74.2 Å². The molecule has 1 aliphatic rings. The number of pyridine rings is 1. The third-order valence-electron chi connectivity index (χ3n) is 7.62. The van der Waals surface area contributed by atoms with Gasteiger partial charge in [0.1, 0.15) is 11.9 Å². The fourth-order valence-corrected chi connectivity index (χ4v) is 5.48. The van der Waals surface area contributed by atoms with Crippen LogP contribution in [0.5, 0.6) is 17.2 Å². The summed E-state index contributed by atoms with van der Waals surface area (Å²) in [6.45, 7) is 6.25. The predicted octanol–water partition coefficient (Wildman–Crippen LogP) is 5.86. The van der Waals surface area contributed by atoms with E-state index < -0.39 is 17.9 Å². The molecular formula is C35H40N2O7. The number of para-hydroxylation sites is 1. The molecule has 0 N–H and O–H groups in total. The highest BCUT2D eigenvalue weighted by Crippen LogP contribution is 2.45. The van der Waals surface area contributed by atoms with Crippen molar-refractivity contribution in [2.75, 3.05) is 34.5 Å². The fraction of sp³-hybridized carbons (Fsp3) is 0.343. The van der Waals surface area contributed by atoms with E-state index in [1.54, 1.807) is 38.7 Å². The molecule has 0 saturated heterocycles. The van der Waals surface area contributed by atoms with Crippen LogP contribution in [0.3, 0.4) is 0 Å². The lowest BCUT2D eigenvalue weighted by Crippen LogP contribution is -2.39. The summed E-state index contributed by atoms with van der Waals surface area (Å²) in [5.74, 6) is -0.0935. The third-order valence-corrected chi connectivity index (χ3v) is 7.62. The van der Waals surface area contributed by atoms with Crippen molar-refractivity contribution in [1.29, 1.82) is 0 Å². The lowest BCUT2D eigenvalue weighted by molar-refractivity contribution is -0.139. The Morgan fingerprint density at radius 2 is 1.59 bits per heavy atom. The van der Waals surface area contributed by atoms with Crippen molar-refractivity contribution in [3.8, 4) is 17.2 Å². The average molecular weight is 601 g/mol. The van der Waals surface area contributed by atoms with Gasteiger partial charge in [-0.05, 0) is 75.1 Å². The van der Waals surface area contributed by atoms with Gasteiger partial charge in [0, 0.05) is 23.8 Å². The van der Waals surface area contributed by atoms with Gasteiger partial charge in [-0.2, -0.15) is 0 Å². The maximum absolute atomic E-state index is 14.0. The van der Waals surface area contributed by atoms with Gasteiger partial charge in [0.25, 0.3) is 0 Å². The lowest BCUT2D eigenvalue weighted by atomic mass is 9.79. The number of hydrogen-bond donors (Lipinski definition) is 0. The van der Waals surface area contributed by atoms with Crippen molar-refractivity contribution < 1.29 is 33.3 Å². The minimum Gasteiger partial charge on any atom is -0.493 e. The summed E-state index contributed by atoms with van der Waals surface area (Å²) in [4.78, 5) is 33.5. The van der Waals surface area contributed by atoms with E-state index >= 15 is 0 Å². The molecule has 0 spiro atoms. The van der Waals surface area contributed by atoms with E-state index in [4.69, 9.17) is 23.7 Å². The molecule has 1 aromatic heterocycles. The van der Waals surface area contributed by atoms with Crippen LogP contribution in [0, 0.1) is 0 Å². The predicted molar refractivity (Wildman–Crippen MR) is 166 cm³/mol. The zero-order valence-electron chi connectivity index (χ0n) is 26.2. The van der Waals surface area contributed by atoms with Crippen LogP contribution in [0.15, 0.2) is 95.6 Å². The van der Waals surface area contributed by atoms with Gasteiger partial charge in [-0.15, -0.1) is 0 Å². The Balaban J connectivity index is 1.73. The summed E-state index contributed by atoms with van der Waals surface area (Å²) >= 11 is 0. The Hall–Kier alpha value is -4.79. The molecule has 0 radical (unpaired) electrons. The van der Waals surface area contributed by atoms with E-state index in [2.05, 4.69) is 4.98 Å². The minimum atomic E-state index is -0.769. The topological polar surface area (TPSA) is 96.4 Å². The van der Waals surface area contributed by atoms with Crippen molar-refractivity contribution in [1.82, 2.24) is 9.88 Å². The van der Waals surface area contributed by atoms with Crippen LogP contribution in [0.2, 0.25) is 0 Å². The molecule has 44 heavy (non-hydrogen) atoms. The zero-order chi connectivity index (χ0) is 31.6. The fourth-order valence-electron chi connectivity index (χ4n) is 5.48. The Morgan fingerprint density at radius 3 is 2.23 bits per heavy atom. The molecule has 2 aromatic carbocycles. The van der Waals surface area contributed by atoms with Gasteiger partial charge in [-0.1, -0.05) is 30.3 Å². The van der Waals surface area contributed by atoms with Gasteiger partial charge in [-0.3, -0.25) is 4.98 Å². The summed E-state index contributed by atoms with van der Waals surface area (Å²) in [6, 6.07) is 18.7. The summed E-state index contributed by atoms with van der Waals surface area (Å²) in [6.07, 6.45) is 4.58. The number of benzene rings is 2. The Morgan fingerprint density at radius 1 is 0.886 bits per heavy atom. The van der Waals surface area contributed by atoms with Gasteiger partial charge in [0.2, 0.25) is 0 Å². The van der Waals surface area contributed by atoms with E-state index in [0.29, 0.717) is 59.0 Å². The number of esters is 2. The summed E-state index contributed by atoms with van der Waals surface area (Å²) in [7, 11) is 4.43. The molecule has 2 unspecified atom stereocenters. The SMILES string of the molecule is COC(=O)C1=C(C)N(CC(C)Oc2ccccc2)C(C)=C(C(=O)OCCCc2cccnc2)C1c1ccc(OC)c(OC)c1. The molecule has 232 valence electrons. The zero-order valence-corrected chi connectivity index (χ0v) is 26.2. The molecule has 0 bridgehead atoms. The number of carbonyl (C=O) groups is 2. The van der Waals surface area contributed by atoms with Crippen molar-refractivity contribution in [3.05, 3.63) is 107 Å². The maximum atomic E-state index is 14.0. The van der Waals surface area contributed by atoms with Crippen LogP contribution in [-0.2, 0) is 25.5 Å². The standard InChI is InChI=1S/C35H40N2O7/c1-23(44-28-14-8-7-9-15-28)22-37-24(2)31(34(38)42-6)33(27-16-17-29(40-4)30(20-27)41-5)32(25(37)3)35(39)43-19-11-13-26-12-10-18-36-21-26/h7-10,12,14-18,20-21,23,33H,11,13,19,22H2,1-6H3. The quantitative estimate of drug-likeness (QED) is 0.176. The van der Waals surface area contributed by atoms with E-state index in [1.165, 1.54) is 7.11 Å². The maximum Gasteiger partial charge on any atom is 0.336 e. The van der Waals surface area contributed by atoms with Crippen molar-refractivity contribution >= 4 is 11.9 Å². The van der Waals surface area contributed by atoms with Gasteiger partial charge < -0.3 is 28.6 Å². The summed E-state index contributed by atoms with van der Waals surface area (Å²) < 4.78 is 28.3. The first-order chi connectivity index (χ1) is 21.3. The van der Waals surface area contributed by atoms with Crippen molar-refractivity contribution in [3.63, 3.8) is 0 Å². The van der Waals surface area contributed by atoms with Crippen LogP contribution in [0.4, 0.5) is 0 Å². The van der Waals surface area contributed by atoms with Crippen LogP contribution in [-0.4, -0.2) is 62.4 Å². The highest BCUT2D eigenvalue weighted by molar-refractivity contribution is 6.00. The molecule has 2 atom stereocenters. The molecule has 0 fully saturated rings. The number of aryl methyl sites for hydroxylation is 1. The summed E-state index contributed by atoms with van der Waals surface area (Å²) in [5, 5.41) is 0. The Labute approximate surface area is 259 Å². The highest BCUT2D eigenvalue weighted by atomic mass is 16.5. The molecule has 9 nitrogen and oxygen atoms in total. The number of aromatic nitrogens is 1. The number of carbonyl (C=O) groups excluding carboxylic acids is 2. The second-order valence-electron chi connectivity index (χ2n) is 10.5. The van der Waals surface area contributed by atoms with Crippen LogP contribution in [0.25, 0.3) is 0 Å². The molecule has 4 rings (SSSR count). The molecule has 0 saturated carbocycles. The van der Waals surface area contributed by atoms with Gasteiger partial charge >= 0.3 is 11.9 Å². The number of hydrogen-bond acceptors (Lipinski definition) is 9. The van der Waals surface area contributed by atoms with E-state index in [0.717, 1.165) is 11.3 Å². The Bertz CT molecular complexity index is 1500. The second-order valence-corrected chi connectivity index (χ2v) is 10.5. The molecule has 1 aliphatic heterocycles. The van der Waals surface area contributed by atoms with Crippen molar-refractivity contribution in [2.24, 2.45) is 0 Å². The molecular weight excluding hydrogens is 560 g/mol. The summed E-state index contributed by atoms with van der Waals surface area (Å²) in [5.41, 5.74) is 3.72. The third kappa shape index (κ3) is 7.40. The first kappa shape index (κ1) is 32.1. The largest absolute Gasteiger partial charge is 0.493 e. The average Bonchev–Trinajstić information content (AvgIpc) is 3.05. The monoisotopic (exact) mass is 600 g/mol. The first-order valence-electron chi connectivity index (χ1n) is 14.6. The van der Waals surface area contributed by atoms with Gasteiger partial charge in [-0.25, -0.2) is 9.59 Å². The van der Waals surface area contributed by atoms with E-state index in [9.17, 15) is 9.59 Å². The van der Waals surface area contributed by atoms with E-state index in [-0.39, 0.29) is 12.7 Å². The number of ether oxygens (including phenoxy) is 5. The first-order valence-corrected chi connectivity index (χ1v) is 14.6. The smallest absolute Gasteiger partial charge is 0.336 e.